The van der Waals surface area contributed by atoms with Crippen LogP contribution in [0.25, 0.3) is 16.8 Å². The maximum Gasteiger partial charge on any atom is 0.230 e. The van der Waals surface area contributed by atoms with E-state index in [2.05, 4.69) is 15.4 Å². The van der Waals surface area contributed by atoms with E-state index in [1.54, 1.807) is 32.0 Å². The molecule has 0 bridgehead atoms. The molecule has 136 valence electrons. The molecule has 7 nitrogen and oxygen atoms in total. The van der Waals surface area contributed by atoms with Crippen LogP contribution in [0.2, 0.25) is 0 Å². The molecule has 1 amide bonds. The second kappa shape index (κ2) is 7.65. The molecular weight excluding hydrogens is 352 g/mol. The van der Waals surface area contributed by atoms with E-state index in [0.29, 0.717) is 17.3 Å². The normalized spacial score (nSPS) is 10.8. The fraction of sp³-hybridized carbons (Fsp3) is 0.278. The Morgan fingerprint density at radius 2 is 2.00 bits per heavy atom. The Labute approximate surface area is 155 Å². The molecule has 2 aromatic heterocycles. The van der Waals surface area contributed by atoms with Crippen molar-refractivity contribution in [1.82, 2.24) is 19.9 Å². The predicted octanol–water partition coefficient (Wildman–Crippen LogP) is 2.56. The molecule has 1 N–H and O–H groups in total. The van der Waals surface area contributed by atoms with Gasteiger partial charge in [0, 0.05) is 18.3 Å². The number of carbonyl (C=O) groups excluding carboxylic acids is 1. The monoisotopic (exact) mass is 372 g/mol. The van der Waals surface area contributed by atoms with Crippen molar-refractivity contribution in [2.75, 3.05) is 27.0 Å². The van der Waals surface area contributed by atoms with Crippen molar-refractivity contribution in [1.29, 1.82) is 0 Å². The first-order valence-corrected chi connectivity index (χ1v) is 8.97. The topological polar surface area (TPSA) is 77.8 Å². The van der Waals surface area contributed by atoms with Crippen LogP contribution < -0.4 is 14.8 Å². The first-order chi connectivity index (χ1) is 12.6. The summed E-state index contributed by atoms with van der Waals surface area (Å²) in [5.41, 5.74) is 3.41. The van der Waals surface area contributed by atoms with Crippen LogP contribution in [0.15, 0.2) is 35.5 Å². The van der Waals surface area contributed by atoms with Crippen molar-refractivity contribution in [3.05, 3.63) is 36.2 Å². The number of rotatable bonds is 6. The van der Waals surface area contributed by atoms with Gasteiger partial charge in [0.1, 0.15) is 5.03 Å². The fourth-order valence-corrected chi connectivity index (χ4v) is 3.50. The molecule has 3 rings (SSSR count). The first kappa shape index (κ1) is 18.1. The molecule has 0 aliphatic carbocycles. The first-order valence-electron chi connectivity index (χ1n) is 7.98. The lowest BCUT2D eigenvalue weighted by molar-refractivity contribution is -0.118. The number of amides is 1. The number of fused-ring (bicyclic) bond motifs is 1. The Kier molecular flexibility index (Phi) is 5.32. The van der Waals surface area contributed by atoms with Gasteiger partial charge in [-0.1, -0.05) is 17.8 Å². The molecular formula is C18H20N4O3S. The number of hydrogen-bond acceptors (Lipinski definition) is 6. The lowest BCUT2D eigenvalue weighted by Crippen LogP contribution is -2.20. The number of hydrogen-bond donors (Lipinski definition) is 1. The Balaban J connectivity index is 2.06. The van der Waals surface area contributed by atoms with E-state index < -0.39 is 0 Å². The molecule has 0 aliphatic rings. The van der Waals surface area contributed by atoms with E-state index >= 15 is 0 Å². The summed E-state index contributed by atoms with van der Waals surface area (Å²) < 4.78 is 12.4. The third kappa shape index (κ3) is 3.45. The van der Waals surface area contributed by atoms with Crippen molar-refractivity contribution in [3.63, 3.8) is 0 Å². The van der Waals surface area contributed by atoms with Gasteiger partial charge in [0.2, 0.25) is 5.91 Å². The van der Waals surface area contributed by atoms with E-state index in [0.717, 1.165) is 27.5 Å². The second-order valence-electron chi connectivity index (χ2n) is 5.56. The molecule has 0 fully saturated rings. The van der Waals surface area contributed by atoms with Crippen LogP contribution in [0, 0.1) is 6.92 Å². The highest BCUT2D eigenvalue weighted by atomic mass is 32.2. The quantitative estimate of drug-likeness (QED) is 0.529. The summed E-state index contributed by atoms with van der Waals surface area (Å²) >= 11 is 1.42. The summed E-state index contributed by atoms with van der Waals surface area (Å²) in [4.78, 5) is 16.2. The average Bonchev–Trinajstić information content (AvgIpc) is 3.08. The standard InChI is InChI=1S/C18H20N4O3S/c1-11-7-17(26-10-16(23)19-2)22-18(21-11)13(9-20-22)12-5-6-14(24-3)15(8-12)25-4/h5-9H,10H2,1-4H3,(H,19,23). The van der Waals surface area contributed by atoms with Gasteiger partial charge in [0.05, 0.1) is 26.2 Å². The van der Waals surface area contributed by atoms with Gasteiger partial charge in [-0.2, -0.15) is 5.10 Å². The van der Waals surface area contributed by atoms with Gasteiger partial charge in [-0.3, -0.25) is 4.79 Å². The van der Waals surface area contributed by atoms with Crippen LogP contribution in [0.1, 0.15) is 5.69 Å². The molecule has 1 aromatic carbocycles. The van der Waals surface area contributed by atoms with Gasteiger partial charge in [0.25, 0.3) is 0 Å². The maximum atomic E-state index is 11.6. The average molecular weight is 372 g/mol. The summed E-state index contributed by atoms with van der Waals surface area (Å²) in [6.45, 7) is 1.93. The molecule has 0 saturated carbocycles. The Hall–Kier alpha value is -2.74. The Morgan fingerprint density at radius 1 is 1.23 bits per heavy atom. The van der Waals surface area contributed by atoms with Crippen LogP contribution in [0.3, 0.4) is 0 Å². The van der Waals surface area contributed by atoms with Gasteiger partial charge >= 0.3 is 0 Å². The van der Waals surface area contributed by atoms with Crippen molar-refractivity contribution in [2.24, 2.45) is 0 Å². The molecule has 3 aromatic rings. The summed E-state index contributed by atoms with van der Waals surface area (Å²) in [6.07, 6.45) is 1.77. The van der Waals surface area contributed by atoms with Crippen LogP contribution in [0.5, 0.6) is 11.5 Å². The number of nitrogens with one attached hydrogen (secondary N) is 1. The van der Waals surface area contributed by atoms with Crippen LogP contribution in [0.4, 0.5) is 0 Å². The molecule has 2 heterocycles. The van der Waals surface area contributed by atoms with Crippen molar-refractivity contribution < 1.29 is 14.3 Å². The predicted molar refractivity (Wildman–Crippen MR) is 101 cm³/mol. The van der Waals surface area contributed by atoms with E-state index in [9.17, 15) is 4.79 Å². The van der Waals surface area contributed by atoms with Crippen LogP contribution in [-0.4, -0.2) is 47.5 Å². The number of methoxy groups -OCH3 is 2. The number of benzene rings is 1. The van der Waals surface area contributed by atoms with Crippen molar-refractivity contribution in [3.8, 4) is 22.6 Å². The zero-order valence-electron chi connectivity index (χ0n) is 15.1. The molecule has 0 aliphatic heterocycles. The molecule has 0 unspecified atom stereocenters. The summed E-state index contributed by atoms with van der Waals surface area (Å²) in [7, 11) is 4.83. The number of carbonyl (C=O) groups is 1. The molecule has 26 heavy (non-hydrogen) atoms. The fourth-order valence-electron chi connectivity index (χ4n) is 2.57. The minimum absolute atomic E-state index is 0.0371. The number of aromatic nitrogens is 3. The Bertz CT molecular complexity index is 955. The molecule has 0 spiro atoms. The zero-order chi connectivity index (χ0) is 18.7. The molecule has 0 atom stereocenters. The van der Waals surface area contributed by atoms with Crippen LogP contribution in [-0.2, 0) is 4.79 Å². The molecule has 0 saturated heterocycles. The lowest BCUT2D eigenvalue weighted by atomic mass is 10.1. The van der Waals surface area contributed by atoms with E-state index in [4.69, 9.17) is 9.47 Å². The van der Waals surface area contributed by atoms with Gasteiger partial charge in [-0.25, -0.2) is 9.50 Å². The van der Waals surface area contributed by atoms with Crippen molar-refractivity contribution in [2.45, 2.75) is 11.9 Å². The minimum atomic E-state index is -0.0371. The van der Waals surface area contributed by atoms with Gasteiger partial charge in [-0.15, -0.1) is 0 Å². The third-order valence-corrected chi connectivity index (χ3v) is 4.88. The van der Waals surface area contributed by atoms with E-state index in [1.807, 2.05) is 31.2 Å². The minimum Gasteiger partial charge on any atom is -0.493 e. The zero-order valence-corrected chi connectivity index (χ0v) is 15.9. The highest BCUT2D eigenvalue weighted by Crippen LogP contribution is 2.34. The maximum absolute atomic E-state index is 11.6. The van der Waals surface area contributed by atoms with E-state index in [-0.39, 0.29) is 5.91 Å². The number of nitrogens with zero attached hydrogens (tertiary/aromatic N) is 3. The lowest BCUT2D eigenvalue weighted by Gasteiger charge is -2.09. The smallest absolute Gasteiger partial charge is 0.230 e. The Morgan fingerprint density at radius 3 is 2.69 bits per heavy atom. The number of aryl methyl sites for hydroxylation is 1. The second-order valence-corrected chi connectivity index (χ2v) is 6.56. The summed E-state index contributed by atoms with van der Waals surface area (Å²) in [5, 5.41) is 7.95. The summed E-state index contributed by atoms with van der Waals surface area (Å²) in [5.74, 6) is 1.59. The number of thioether (sulfide) groups is 1. The van der Waals surface area contributed by atoms with E-state index in [1.165, 1.54) is 11.8 Å². The van der Waals surface area contributed by atoms with Crippen LogP contribution >= 0.6 is 11.8 Å². The molecule has 0 radical (unpaired) electrons. The van der Waals surface area contributed by atoms with Gasteiger partial charge < -0.3 is 14.8 Å². The molecule has 8 heteroatoms. The highest BCUT2D eigenvalue weighted by Gasteiger charge is 2.15. The third-order valence-electron chi connectivity index (χ3n) is 3.89. The van der Waals surface area contributed by atoms with Crippen molar-refractivity contribution >= 4 is 23.3 Å². The van der Waals surface area contributed by atoms with Gasteiger partial charge in [0.15, 0.2) is 17.1 Å². The number of ether oxygens (including phenoxy) is 2. The largest absolute Gasteiger partial charge is 0.493 e. The highest BCUT2D eigenvalue weighted by molar-refractivity contribution is 7.99. The SMILES string of the molecule is CNC(=O)CSc1cc(C)nc2c(-c3ccc(OC)c(OC)c3)cnn12. The summed E-state index contributed by atoms with van der Waals surface area (Å²) in [6, 6.07) is 7.62. The van der Waals surface area contributed by atoms with Gasteiger partial charge in [-0.05, 0) is 30.7 Å².